The van der Waals surface area contributed by atoms with Crippen molar-refractivity contribution in [2.24, 2.45) is 4.99 Å². The lowest BCUT2D eigenvalue weighted by atomic mass is 10.1. The molecule has 0 aliphatic heterocycles. The first kappa shape index (κ1) is 13.9. The van der Waals surface area contributed by atoms with Gasteiger partial charge in [0.2, 0.25) is 5.13 Å². The Hall–Kier alpha value is -2.72. The summed E-state index contributed by atoms with van der Waals surface area (Å²) in [6.45, 7) is 0. The molecule has 0 fully saturated rings. The molecule has 112 valence electrons. The number of ether oxygens (including phenoxy) is 1. The third-order valence-corrected chi connectivity index (χ3v) is 4.62. The molecule has 0 aliphatic carbocycles. The molecule has 3 aromatic carbocycles. The van der Waals surface area contributed by atoms with Crippen LogP contribution >= 0.6 is 11.3 Å². The van der Waals surface area contributed by atoms with Crippen molar-refractivity contribution >= 4 is 43.7 Å². The fourth-order valence-electron chi connectivity index (χ4n) is 2.55. The van der Waals surface area contributed by atoms with Crippen molar-refractivity contribution in [1.82, 2.24) is 4.98 Å². The van der Waals surface area contributed by atoms with Crippen LogP contribution in [-0.2, 0) is 0 Å². The number of fused-ring (bicyclic) bond motifs is 2. The maximum atomic E-state index is 5.34. The largest absolute Gasteiger partial charge is 0.494 e. The highest BCUT2D eigenvalue weighted by Crippen LogP contribution is 2.33. The Morgan fingerprint density at radius 2 is 1.87 bits per heavy atom. The number of rotatable bonds is 3. The maximum absolute atomic E-state index is 5.34. The topological polar surface area (TPSA) is 34.5 Å². The van der Waals surface area contributed by atoms with Crippen molar-refractivity contribution in [3.05, 3.63) is 66.2 Å². The van der Waals surface area contributed by atoms with Crippen LogP contribution in [0.4, 0.5) is 5.13 Å². The number of aromatic nitrogens is 1. The van der Waals surface area contributed by atoms with Gasteiger partial charge in [-0.15, -0.1) is 0 Å². The SMILES string of the molecule is COc1cccc2sc(/N=C/c3ccc4ccccc4c3)nc12. The molecular formula is C19H14N2OS. The minimum atomic E-state index is 0.734. The van der Waals surface area contributed by atoms with E-state index in [1.165, 1.54) is 10.8 Å². The zero-order valence-electron chi connectivity index (χ0n) is 12.6. The molecular weight excluding hydrogens is 304 g/mol. The zero-order valence-corrected chi connectivity index (χ0v) is 13.4. The van der Waals surface area contributed by atoms with Crippen molar-refractivity contribution < 1.29 is 4.74 Å². The van der Waals surface area contributed by atoms with E-state index in [9.17, 15) is 0 Å². The van der Waals surface area contributed by atoms with Gasteiger partial charge in [0.25, 0.3) is 0 Å². The Balaban J connectivity index is 1.69. The highest BCUT2D eigenvalue weighted by molar-refractivity contribution is 7.22. The molecule has 0 bridgehead atoms. The van der Waals surface area contributed by atoms with Gasteiger partial charge in [0, 0.05) is 6.21 Å². The van der Waals surface area contributed by atoms with Crippen LogP contribution in [0, 0.1) is 0 Å². The predicted molar refractivity (Wildman–Crippen MR) is 97.4 cm³/mol. The van der Waals surface area contributed by atoms with Gasteiger partial charge in [-0.1, -0.05) is 53.8 Å². The van der Waals surface area contributed by atoms with Crippen LogP contribution in [0.1, 0.15) is 5.56 Å². The van der Waals surface area contributed by atoms with Gasteiger partial charge in [-0.3, -0.25) is 0 Å². The molecule has 0 N–H and O–H groups in total. The number of hydrogen-bond acceptors (Lipinski definition) is 4. The van der Waals surface area contributed by atoms with Crippen LogP contribution in [0.2, 0.25) is 0 Å². The molecule has 0 saturated carbocycles. The minimum Gasteiger partial charge on any atom is -0.494 e. The summed E-state index contributed by atoms with van der Waals surface area (Å²) < 4.78 is 6.42. The standard InChI is InChI=1S/C19H14N2OS/c1-22-16-7-4-8-17-18(16)21-19(23-17)20-12-13-9-10-14-5-2-3-6-15(14)11-13/h2-12H,1H3/b20-12+. The lowest BCUT2D eigenvalue weighted by Gasteiger charge is -1.98. The lowest BCUT2D eigenvalue weighted by Crippen LogP contribution is -1.83. The second kappa shape index (κ2) is 5.82. The van der Waals surface area contributed by atoms with Crippen LogP contribution in [0.15, 0.2) is 65.7 Å². The van der Waals surface area contributed by atoms with Crippen LogP contribution in [0.3, 0.4) is 0 Å². The number of aliphatic imine (C=N–C) groups is 1. The van der Waals surface area contributed by atoms with Gasteiger partial charge in [-0.2, -0.15) is 0 Å². The second-order valence-corrected chi connectivity index (χ2v) is 6.18. The highest BCUT2D eigenvalue weighted by atomic mass is 32.1. The molecule has 23 heavy (non-hydrogen) atoms. The Kier molecular flexibility index (Phi) is 3.52. The average molecular weight is 318 g/mol. The summed E-state index contributed by atoms with van der Waals surface area (Å²) in [6, 6.07) is 20.5. The number of thiazole rings is 1. The van der Waals surface area contributed by atoms with Crippen molar-refractivity contribution in [3.8, 4) is 5.75 Å². The quantitative estimate of drug-likeness (QED) is 0.486. The first-order valence-corrected chi connectivity index (χ1v) is 8.11. The summed E-state index contributed by atoms with van der Waals surface area (Å²) in [5.74, 6) is 0.783. The van der Waals surface area contributed by atoms with Crippen molar-refractivity contribution in [1.29, 1.82) is 0 Å². The van der Waals surface area contributed by atoms with E-state index in [2.05, 4.69) is 40.3 Å². The Labute approximate surface area is 137 Å². The van der Waals surface area contributed by atoms with E-state index in [0.29, 0.717) is 0 Å². The van der Waals surface area contributed by atoms with Crippen LogP contribution in [0.25, 0.3) is 21.0 Å². The van der Waals surface area contributed by atoms with E-state index < -0.39 is 0 Å². The highest BCUT2D eigenvalue weighted by Gasteiger charge is 2.07. The Morgan fingerprint density at radius 3 is 2.74 bits per heavy atom. The molecule has 0 saturated heterocycles. The summed E-state index contributed by atoms with van der Waals surface area (Å²) in [7, 11) is 1.66. The molecule has 0 aliphatic rings. The van der Waals surface area contributed by atoms with E-state index in [4.69, 9.17) is 4.74 Å². The number of benzene rings is 3. The number of nitrogens with zero attached hydrogens (tertiary/aromatic N) is 2. The van der Waals surface area contributed by atoms with E-state index in [1.807, 2.05) is 36.5 Å². The molecule has 0 spiro atoms. The van der Waals surface area contributed by atoms with Gasteiger partial charge in [-0.25, -0.2) is 9.98 Å². The second-order valence-electron chi connectivity index (χ2n) is 5.17. The summed E-state index contributed by atoms with van der Waals surface area (Å²) in [4.78, 5) is 9.08. The summed E-state index contributed by atoms with van der Waals surface area (Å²) >= 11 is 1.56. The summed E-state index contributed by atoms with van der Waals surface area (Å²) in [5, 5.41) is 3.18. The molecule has 4 heteroatoms. The van der Waals surface area contributed by atoms with Gasteiger partial charge in [0.05, 0.1) is 11.8 Å². The van der Waals surface area contributed by atoms with E-state index >= 15 is 0 Å². The monoisotopic (exact) mass is 318 g/mol. The van der Waals surface area contributed by atoms with Crippen molar-refractivity contribution in [2.45, 2.75) is 0 Å². The lowest BCUT2D eigenvalue weighted by molar-refractivity contribution is 0.419. The molecule has 1 heterocycles. The molecule has 0 unspecified atom stereocenters. The van der Waals surface area contributed by atoms with Crippen LogP contribution < -0.4 is 4.74 Å². The van der Waals surface area contributed by atoms with Crippen LogP contribution in [-0.4, -0.2) is 18.3 Å². The third-order valence-electron chi connectivity index (χ3n) is 3.69. The normalized spacial score (nSPS) is 11.5. The molecule has 4 aromatic rings. The first-order chi connectivity index (χ1) is 11.3. The van der Waals surface area contributed by atoms with E-state index in [-0.39, 0.29) is 0 Å². The predicted octanol–water partition coefficient (Wildman–Crippen LogP) is 5.21. The van der Waals surface area contributed by atoms with E-state index in [1.54, 1.807) is 18.4 Å². The average Bonchev–Trinajstić information content (AvgIpc) is 3.02. The zero-order chi connectivity index (χ0) is 15.6. The molecule has 1 aromatic heterocycles. The Morgan fingerprint density at radius 1 is 1.00 bits per heavy atom. The number of methoxy groups -OCH3 is 1. The number of para-hydroxylation sites is 1. The van der Waals surface area contributed by atoms with E-state index in [0.717, 1.165) is 26.7 Å². The minimum absolute atomic E-state index is 0.734. The van der Waals surface area contributed by atoms with Gasteiger partial charge in [0.1, 0.15) is 11.3 Å². The molecule has 3 nitrogen and oxygen atoms in total. The van der Waals surface area contributed by atoms with Gasteiger partial charge >= 0.3 is 0 Å². The fraction of sp³-hybridized carbons (Fsp3) is 0.0526. The van der Waals surface area contributed by atoms with Crippen molar-refractivity contribution in [2.75, 3.05) is 7.11 Å². The smallest absolute Gasteiger partial charge is 0.210 e. The molecule has 0 radical (unpaired) electrons. The molecule has 4 rings (SSSR count). The Bertz CT molecular complexity index is 1020. The number of hydrogen-bond donors (Lipinski definition) is 0. The summed E-state index contributed by atoms with van der Waals surface area (Å²) in [6.07, 6.45) is 1.86. The van der Waals surface area contributed by atoms with Gasteiger partial charge < -0.3 is 4.74 Å². The fourth-order valence-corrected chi connectivity index (χ4v) is 3.38. The maximum Gasteiger partial charge on any atom is 0.210 e. The van der Waals surface area contributed by atoms with Gasteiger partial charge in [0.15, 0.2) is 0 Å². The van der Waals surface area contributed by atoms with Gasteiger partial charge in [-0.05, 0) is 34.5 Å². The molecule has 0 atom stereocenters. The molecule has 0 amide bonds. The third kappa shape index (κ3) is 2.69. The summed E-state index contributed by atoms with van der Waals surface area (Å²) in [5.41, 5.74) is 1.93. The van der Waals surface area contributed by atoms with Crippen LogP contribution in [0.5, 0.6) is 5.75 Å². The first-order valence-electron chi connectivity index (χ1n) is 7.30. The van der Waals surface area contributed by atoms with Crippen molar-refractivity contribution in [3.63, 3.8) is 0 Å².